The van der Waals surface area contributed by atoms with Gasteiger partial charge in [0.25, 0.3) is 0 Å². The van der Waals surface area contributed by atoms with E-state index in [9.17, 15) is 0 Å². The minimum atomic E-state index is 0.455. The maximum atomic E-state index is 5.37. The number of thiol groups is 2. The molecule has 0 N–H and O–H groups in total. The monoisotopic (exact) mass is 356 g/mol. The molecule has 6 unspecified atom stereocenters. The standard InChI is InChI=1S/C22H28S2/c23-19-1-11-9-5-22-8-20(24)3-13-10-6-21(7-19,15(11)16(13)22)17(12(9)2-19)18(22)14(10)4-20/h9-18,23-24H,1-8H2/t9?,10?,11-,12-,13+,14+,15-,16+,17+,18-,19?,20?,21?,22?. The lowest BCUT2D eigenvalue weighted by atomic mass is 9.13. The van der Waals surface area contributed by atoms with Gasteiger partial charge in [-0.25, -0.2) is 0 Å². The highest BCUT2D eigenvalue weighted by Crippen LogP contribution is 2.93. The molecular formula is C22H28S2. The summed E-state index contributed by atoms with van der Waals surface area (Å²) in [5, 5.41) is 0. The van der Waals surface area contributed by atoms with E-state index in [1.807, 2.05) is 0 Å². The van der Waals surface area contributed by atoms with Gasteiger partial charge in [-0.1, -0.05) is 0 Å². The summed E-state index contributed by atoms with van der Waals surface area (Å²) in [5.41, 5.74) is 1.57. The lowest BCUT2D eigenvalue weighted by molar-refractivity contribution is -0.425. The van der Waals surface area contributed by atoms with Gasteiger partial charge in [-0.05, 0) is 121 Å². The Morgan fingerprint density at radius 2 is 0.792 bits per heavy atom. The van der Waals surface area contributed by atoms with Crippen molar-refractivity contribution < 1.29 is 0 Å². The molecular weight excluding hydrogens is 328 g/mol. The SMILES string of the molecule is SC12C[C@@H]3C4CC56CC7(S)C[C@H]8C9CC(C1)([C@@H]3[C@H]5[C@H]9C7)[C@@H]([C@H]86)[C@@H]4C2. The Morgan fingerprint density at radius 1 is 0.458 bits per heavy atom. The number of hydrogen-bond donors (Lipinski definition) is 2. The largest absolute Gasteiger partial charge is 0.172 e. The van der Waals surface area contributed by atoms with Gasteiger partial charge in [0, 0.05) is 9.49 Å². The summed E-state index contributed by atoms with van der Waals surface area (Å²) in [6.45, 7) is 0. The van der Waals surface area contributed by atoms with Crippen LogP contribution < -0.4 is 0 Å². The van der Waals surface area contributed by atoms with Gasteiger partial charge in [0.2, 0.25) is 0 Å². The fraction of sp³-hybridized carbons (Fsp3) is 1.00. The van der Waals surface area contributed by atoms with E-state index >= 15 is 0 Å². The molecule has 0 amide bonds. The third-order valence-corrected chi connectivity index (χ3v) is 13.5. The molecule has 0 saturated heterocycles. The minimum Gasteiger partial charge on any atom is -0.172 e. The zero-order chi connectivity index (χ0) is 15.4. The highest BCUT2D eigenvalue weighted by Gasteiger charge is 2.88. The first-order chi connectivity index (χ1) is 11.5. The van der Waals surface area contributed by atoms with Crippen LogP contribution >= 0.6 is 25.3 Å². The predicted octanol–water partition coefficient (Wildman–Crippen LogP) is 4.70. The Kier molecular flexibility index (Phi) is 1.68. The summed E-state index contributed by atoms with van der Waals surface area (Å²) >= 11 is 10.7. The molecule has 13 rings (SSSR count). The highest BCUT2D eigenvalue weighted by molar-refractivity contribution is 7.82. The van der Waals surface area contributed by atoms with Crippen LogP contribution in [0.2, 0.25) is 0 Å². The first-order valence-electron chi connectivity index (χ1n) is 10.9. The zero-order valence-corrected chi connectivity index (χ0v) is 16.1. The molecule has 13 aliphatic rings. The normalized spacial score (nSPS) is 85.2. The zero-order valence-electron chi connectivity index (χ0n) is 14.3. The fourth-order valence-corrected chi connectivity index (χ4v) is 15.0. The first kappa shape index (κ1) is 13.0. The molecule has 14 bridgehead atoms. The Bertz CT molecular complexity index is 638. The van der Waals surface area contributed by atoms with Crippen molar-refractivity contribution in [3.63, 3.8) is 0 Å². The van der Waals surface area contributed by atoms with Crippen molar-refractivity contribution in [2.24, 2.45) is 70.0 Å². The van der Waals surface area contributed by atoms with Crippen molar-refractivity contribution in [1.29, 1.82) is 0 Å². The van der Waals surface area contributed by atoms with Gasteiger partial charge in [0.05, 0.1) is 0 Å². The summed E-state index contributed by atoms with van der Waals surface area (Å²) < 4.78 is 0.911. The lowest BCUT2D eigenvalue weighted by Gasteiger charge is -2.92. The van der Waals surface area contributed by atoms with Gasteiger partial charge in [-0.3, -0.25) is 0 Å². The molecule has 13 saturated carbocycles. The van der Waals surface area contributed by atoms with Crippen LogP contribution in [-0.4, -0.2) is 9.49 Å². The second-order valence-electron chi connectivity index (χ2n) is 12.6. The van der Waals surface area contributed by atoms with Gasteiger partial charge in [0.15, 0.2) is 0 Å². The van der Waals surface area contributed by atoms with Crippen LogP contribution in [0.15, 0.2) is 0 Å². The van der Waals surface area contributed by atoms with E-state index in [0.29, 0.717) is 9.49 Å². The van der Waals surface area contributed by atoms with Crippen LogP contribution in [0.4, 0.5) is 0 Å². The molecule has 14 atom stereocenters. The van der Waals surface area contributed by atoms with Crippen LogP contribution in [0.5, 0.6) is 0 Å². The van der Waals surface area contributed by atoms with Crippen LogP contribution in [0.25, 0.3) is 0 Å². The van der Waals surface area contributed by atoms with E-state index in [-0.39, 0.29) is 0 Å². The molecule has 128 valence electrons. The van der Waals surface area contributed by atoms with Crippen molar-refractivity contribution in [2.45, 2.75) is 60.9 Å². The second kappa shape index (κ2) is 3.11. The third kappa shape index (κ3) is 0.939. The maximum absolute atomic E-state index is 5.37. The Labute approximate surface area is 156 Å². The topological polar surface area (TPSA) is 0 Å². The minimum absolute atomic E-state index is 0.455. The molecule has 2 heteroatoms. The first-order valence-corrected chi connectivity index (χ1v) is 11.8. The molecule has 0 aromatic rings. The summed E-state index contributed by atoms with van der Waals surface area (Å²) in [7, 11) is 0. The van der Waals surface area contributed by atoms with Crippen molar-refractivity contribution in [2.75, 3.05) is 0 Å². The molecule has 0 heterocycles. The van der Waals surface area contributed by atoms with Gasteiger partial charge >= 0.3 is 0 Å². The van der Waals surface area contributed by atoms with E-state index in [2.05, 4.69) is 0 Å². The average Bonchev–Trinajstić information content (AvgIpc) is 2.50. The van der Waals surface area contributed by atoms with E-state index in [0.717, 1.165) is 70.0 Å². The third-order valence-electron chi connectivity index (χ3n) is 12.5. The van der Waals surface area contributed by atoms with Gasteiger partial charge in [0.1, 0.15) is 0 Å². The lowest BCUT2D eigenvalue weighted by Crippen LogP contribution is -2.87. The van der Waals surface area contributed by atoms with E-state index in [4.69, 9.17) is 25.3 Å². The highest BCUT2D eigenvalue weighted by atomic mass is 32.1. The van der Waals surface area contributed by atoms with E-state index in [1.54, 1.807) is 12.8 Å². The Balaban J connectivity index is 1.40. The van der Waals surface area contributed by atoms with E-state index < -0.39 is 0 Å². The predicted molar refractivity (Wildman–Crippen MR) is 100 cm³/mol. The second-order valence-corrected chi connectivity index (χ2v) is 14.5. The van der Waals surface area contributed by atoms with Crippen LogP contribution in [-0.2, 0) is 0 Å². The van der Waals surface area contributed by atoms with Crippen LogP contribution in [0, 0.1) is 70.0 Å². The van der Waals surface area contributed by atoms with Crippen LogP contribution in [0.1, 0.15) is 51.4 Å². The maximum Gasteiger partial charge on any atom is 0.0141 e. The Hall–Kier alpha value is 0.700. The quantitative estimate of drug-likeness (QED) is 0.578. The fourth-order valence-electron chi connectivity index (χ4n) is 13.5. The molecule has 2 spiro atoms. The van der Waals surface area contributed by atoms with Crippen molar-refractivity contribution in [1.82, 2.24) is 0 Å². The molecule has 0 nitrogen and oxygen atoms in total. The molecule has 0 aromatic carbocycles. The van der Waals surface area contributed by atoms with E-state index in [1.165, 1.54) is 38.5 Å². The number of hydrogen-bond acceptors (Lipinski definition) is 2. The Morgan fingerprint density at radius 3 is 1.12 bits per heavy atom. The summed E-state index contributed by atoms with van der Waals surface area (Å²) in [6.07, 6.45) is 12.4. The number of rotatable bonds is 0. The molecule has 24 heavy (non-hydrogen) atoms. The summed E-state index contributed by atoms with van der Waals surface area (Å²) in [4.78, 5) is 0. The van der Waals surface area contributed by atoms with Crippen LogP contribution in [0.3, 0.4) is 0 Å². The van der Waals surface area contributed by atoms with Crippen molar-refractivity contribution >= 4 is 25.3 Å². The van der Waals surface area contributed by atoms with Crippen molar-refractivity contribution in [3.8, 4) is 0 Å². The molecule has 13 aliphatic carbocycles. The molecule has 0 radical (unpaired) electrons. The van der Waals surface area contributed by atoms with Gasteiger partial charge in [-0.15, -0.1) is 0 Å². The van der Waals surface area contributed by atoms with Gasteiger partial charge < -0.3 is 0 Å². The van der Waals surface area contributed by atoms with Crippen molar-refractivity contribution in [3.05, 3.63) is 0 Å². The average molecular weight is 357 g/mol. The summed E-state index contributed by atoms with van der Waals surface area (Å²) in [6, 6.07) is 0. The molecule has 0 aromatic heterocycles. The molecule has 0 aliphatic heterocycles. The smallest absolute Gasteiger partial charge is 0.0141 e. The molecule has 13 fully saturated rings. The van der Waals surface area contributed by atoms with Gasteiger partial charge in [-0.2, -0.15) is 25.3 Å². The summed E-state index contributed by atoms with van der Waals surface area (Å²) in [5.74, 6) is 11.2.